The Hall–Kier alpha value is -2.67. The molecule has 0 atom stereocenters. The Labute approximate surface area is 166 Å². The van der Waals surface area contributed by atoms with Crippen LogP contribution in [0.3, 0.4) is 0 Å². The number of benzene rings is 1. The van der Waals surface area contributed by atoms with Gasteiger partial charge >= 0.3 is 0 Å². The SMILES string of the molecule is COc1ccc(-c2nc3sc4c(c3c(=O)n2CCC(C)=O)CCC4)cc1OC. The normalized spacial score (nSPS) is 13.0. The maximum Gasteiger partial charge on any atom is 0.262 e. The lowest BCUT2D eigenvalue weighted by molar-refractivity contribution is -0.117. The molecule has 2 heterocycles. The fourth-order valence-electron chi connectivity index (χ4n) is 3.75. The Morgan fingerprint density at radius 3 is 2.71 bits per heavy atom. The van der Waals surface area contributed by atoms with E-state index in [0.29, 0.717) is 30.3 Å². The summed E-state index contributed by atoms with van der Waals surface area (Å²) in [6.07, 6.45) is 3.31. The highest BCUT2D eigenvalue weighted by molar-refractivity contribution is 7.18. The summed E-state index contributed by atoms with van der Waals surface area (Å²) in [5, 5.41) is 0.727. The summed E-state index contributed by atoms with van der Waals surface area (Å²) in [6.45, 7) is 1.85. The van der Waals surface area contributed by atoms with Crippen LogP contribution in [-0.2, 0) is 24.2 Å². The Morgan fingerprint density at radius 1 is 1.21 bits per heavy atom. The smallest absolute Gasteiger partial charge is 0.262 e. The molecule has 28 heavy (non-hydrogen) atoms. The monoisotopic (exact) mass is 398 g/mol. The molecular formula is C21H22N2O4S. The first-order valence-corrected chi connectivity index (χ1v) is 10.1. The van der Waals surface area contributed by atoms with Gasteiger partial charge in [-0.2, -0.15) is 0 Å². The van der Waals surface area contributed by atoms with Gasteiger partial charge in [-0.1, -0.05) is 0 Å². The number of methoxy groups -OCH3 is 2. The predicted octanol–water partition coefficient (Wildman–Crippen LogP) is 3.61. The standard InChI is InChI=1S/C21H22N2O4S/c1-12(24)9-10-23-19(13-7-8-15(26-2)16(11-13)27-3)22-20-18(21(23)25)14-5-4-6-17(14)28-20/h7-8,11H,4-6,9-10H2,1-3H3. The van der Waals surface area contributed by atoms with E-state index in [0.717, 1.165) is 40.6 Å². The number of carbonyl (C=O) groups excluding carboxylic acids is 1. The van der Waals surface area contributed by atoms with Gasteiger partial charge < -0.3 is 9.47 Å². The minimum absolute atomic E-state index is 0.0424. The van der Waals surface area contributed by atoms with Crippen LogP contribution in [0.4, 0.5) is 0 Å². The van der Waals surface area contributed by atoms with Crippen LogP contribution in [0.2, 0.25) is 0 Å². The van der Waals surface area contributed by atoms with Crippen molar-refractivity contribution in [1.29, 1.82) is 0 Å². The average Bonchev–Trinajstić information content (AvgIpc) is 3.27. The van der Waals surface area contributed by atoms with E-state index in [1.807, 2.05) is 12.1 Å². The number of rotatable bonds is 6. The van der Waals surface area contributed by atoms with Gasteiger partial charge in [0.2, 0.25) is 0 Å². The molecule has 0 radical (unpaired) electrons. The highest BCUT2D eigenvalue weighted by Gasteiger charge is 2.24. The molecule has 6 nitrogen and oxygen atoms in total. The second-order valence-electron chi connectivity index (χ2n) is 6.95. The highest BCUT2D eigenvalue weighted by atomic mass is 32.1. The largest absolute Gasteiger partial charge is 0.493 e. The predicted molar refractivity (Wildman–Crippen MR) is 110 cm³/mol. The highest BCUT2D eigenvalue weighted by Crippen LogP contribution is 2.37. The number of nitrogens with zero attached hydrogens (tertiary/aromatic N) is 2. The van der Waals surface area contributed by atoms with Crippen molar-refractivity contribution in [2.75, 3.05) is 14.2 Å². The molecule has 0 bridgehead atoms. The summed E-state index contributed by atoms with van der Waals surface area (Å²) in [6, 6.07) is 5.48. The first-order valence-electron chi connectivity index (χ1n) is 9.30. The Balaban J connectivity index is 1.95. The number of hydrogen-bond acceptors (Lipinski definition) is 6. The molecule has 0 fully saturated rings. The molecule has 0 N–H and O–H groups in total. The minimum atomic E-state index is -0.0598. The van der Waals surface area contributed by atoms with E-state index in [1.54, 1.807) is 36.2 Å². The fraction of sp³-hybridized carbons (Fsp3) is 0.381. The number of aromatic nitrogens is 2. The topological polar surface area (TPSA) is 70.4 Å². The lowest BCUT2D eigenvalue weighted by atomic mass is 10.1. The number of ketones is 1. The van der Waals surface area contributed by atoms with Gasteiger partial charge in [-0.15, -0.1) is 11.3 Å². The van der Waals surface area contributed by atoms with E-state index in [-0.39, 0.29) is 11.3 Å². The van der Waals surface area contributed by atoms with Crippen LogP contribution < -0.4 is 15.0 Å². The minimum Gasteiger partial charge on any atom is -0.493 e. The van der Waals surface area contributed by atoms with Crippen molar-refractivity contribution in [1.82, 2.24) is 9.55 Å². The van der Waals surface area contributed by atoms with Crippen LogP contribution in [0.15, 0.2) is 23.0 Å². The number of carbonyl (C=O) groups is 1. The van der Waals surface area contributed by atoms with E-state index < -0.39 is 0 Å². The second kappa shape index (κ2) is 7.39. The average molecular weight is 398 g/mol. The Kier molecular flexibility index (Phi) is 4.93. The zero-order valence-corrected chi connectivity index (χ0v) is 17.0. The number of thiophene rings is 1. The van der Waals surface area contributed by atoms with Crippen molar-refractivity contribution in [2.24, 2.45) is 0 Å². The van der Waals surface area contributed by atoms with Gasteiger partial charge in [0.05, 0.1) is 19.6 Å². The van der Waals surface area contributed by atoms with E-state index in [2.05, 4.69) is 0 Å². The molecule has 1 aromatic carbocycles. The molecule has 0 aliphatic heterocycles. The van der Waals surface area contributed by atoms with Gasteiger partial charge in [0.15, 0.2) is 11.5 Å². The molecule has 4 rings (SSSR count). The number of ether oxygens (including phenoxy) is 2. The Morgan fingerprint density at radius 2 is 2.00 bits per heavy atom. The summed E-state index contributed by atoms with van der Waals surface area (Å²) in [4.78, 5) is 31.9. The van der Waals surface area contributed by atoms with Gasteiger partial charge in [-0.05, 0) is 49.9 Å². The van der Waals surface area contributed by atoms with Crippen molar-refractivity contribution in [3.05, 3.63) is 39.0 Å². The third-order valence-corrected chi connectivity index (χ3v) is 6.34. The molecule has 1 aliphatic rings. The zero-order valence-electron chi connectivity index (χ0n) is 16.2. The van der Waals surface area contributed by atoms with Crippen LogP contribution >= 0.6 is 11.3 Å². The summed E-state index contributed by atoms with van der Waals surface area (Å²) in [5.41, 5.74) is 1.84. The fourth-order valence-corrected chi connectivity index (χ4v) is 5.00. The van der Waals surface area contributed by atoms with Crippen LogP contribution in [0.1, 0.15) is 30.2 Å². The lowest BCUT2D eigenvalue weighted by Crippen LogP contribution is -2.24. The van der Waals surface area contributed by atoms with E-state index >= 15 is 0 Å². The van der Waals surface area contributed by atoms with Crippen molar-refractivity contribution in [2.45, 2.75) is 39.2 Å². The first kappa shape index (κ1) is 18.7. The zero-order chi connectivity index (χ0) is 19.8. The van der Waals surface area contributed by atoms with Gasteiger partial charge in [0.25, 0.3) is 5.56 Å². The Bertz CT molecular complexity index is 1130. The van der Waals surface area contributed by atoms with E-state index in [4.69, 9.17) is 14.5 Å². The molecule has 2 aromatic heterocycles. The molecule has 1 aliphatic carbocycles. The molecule has 0 spiro atoms. The molecular weight excluding hydrogens is 376 g/mol. The molecule has 0 amide bonds. The number of hydrogen-bond donors (Lipinski definition) is 0. The summed E-state index contributed by atoms with van der Waals surface area (Å²) < 4.78 is 12.4. The summed E-state index contributed by atoms with van der Waals surface area (Å²) >= 11 is 1.61. The number of Topliss-reactive ketones (excluding diaryl/α,β-unsaturated/α-hetero) is 1. The third-order valence-electron chi connectivity index (χ3n) is 5.15. The molecule has 0 saturated heterocycles. The van der Waals surface area contributed by atoms with Crippen molar-refractivity contribution < 1.29 is 14.3 Å². The quantitative estimate of drug-likeness (QED) is 0.634. The maximum absolute atomic E-state index is 13.4. The van der Waals surface area contributed by atoms with E-state index in [9.17, 15) is 9.59 Å². The number of aryl methyl sites for hydroxylation is 2. The van der Waals surface area contributed by atoms with Gasteiger partial charge in [0.1, 0.15) is 16.4 Å². The van der Waals surface area contributed by atoms with Gasteiger partial charge in [-0.3, -0.25) is 14.2 Å². The molecule has 3 aromatic rings. The van der Waals surface area contributed by atoms with Crippen LogP contribution in [0.25, 0.3) is 21.6 Å². The first-order chi connectivity index (χ1) is 13.5. The van der Waals surface area contributed by atoms with Crippen LogP contribution in [-0.4, -0.2) is 29.6 Å². The lowest BCUT2D eigenvalue weighted by Gasteiger charge is -2.14. The van der Waals surface area contributed by atoms with Crippen molar-refractivity contribution in [3.63, 3.8) is 0 Å². The summed E-state index contributed by atoms with van der Waals surface area (Å²) in [5.74, 6) is 1.78. The molecule has 0 saturated carbocycles. The van der Waals surface area contributed by atoms with Crippen molar-refractivity contribution in [3.8, 4) is 22.9 Å². The molecule has 0 unspecified atom stereocenters. The van der Waals surface area contributed by atoms with E-state index in [1.165, 1.54) is 11.8 Å². The molecule has 7 heteroatoms. The second-order valence-corrected chi connectivity index (χ2v) is 8.04. The molecule has 146 valence electrons. The third kappa shape index (κ3) is 3.09. The van der Waals surface area contributed by atoms with Crippen LogP contribution in [0, 0.1) is 0 Å². The number of fused-ring (bicyclic) bond motifs is 3. The van der Waals surface area contributed by atoms with Crippen LogP contribution in [0.5, 0.6) is 11.5 Å². The van der Waals surface area contributed by atoms with Gasteiger partial charge in [-0.25, -0.2) is 4.98 Å². The van der Waals surface area contributed by atoms with Crippen molar-refractivity contribution >= 4 is 27.3 Å². The van der Waals surface area contributed by atoms with Gasteiger partial charge in [0, 0.05) is 23.4 Å². The summed E-state index contributed by atoms with van der Waals surface area (Å²) in [7, 11) is 3.16. The maximum atomic E-state index is 13.4.